The number of fused-ring (bicyclic) bond motifs is 1. The molecule has 2 aromatic rings. The summed E-state index contributed by atoms with van der Waals surface area (Å²) in [6.07, 6.45) is 0. The summed E-state index contributed by atoms with van der Waals surface area (Å²) in [6, 6.07) is 5.16. The van der Waals surface area contributed by atoms with Gasteiger partial charge < -0.3 is 4.42 Å². The molecule has 14 heavy (non-hydrogen) atoms. The van der Waals surface area contributed by atoms with Crippen molar-refractivity contribution < 1.29 is 9.21 Å². The molecule has 0 bridgehead atoms. The Balaban J connectivity index is 2.59. The summed E-state index contributed by atoms with van der Waals surface area (Å²) in [5.41, 5.74) is 1.95. The van der Waals surface area contributed by atoms with Crippen LogP contribution in [0.2, 0.25) is 0 Å². The smallest absolute Gasteiger partial charge is 0.210 e. The molecule has 0 fully saturated rings. The Morgan fingerprint density at radius 2 is 2.36 bits per heavy atom. The van der Waals surface area contributed by atoms with Crippen LogP contribution in [0.25, 0.3) is 11.1 Å². The maximum absolute atomic E-state index is 11.1. The molecular formula is C10H8ClNO2. The normalized spacial score (nSPS) is 10.7. The first-order valence-electron chi connectivity index (χ1n) is 4.17. The number of Topliss-reactive ketones (excluding diaryl/α,β-unsaturated/α-hetero) is 1. The molecule has 0 atom stereocenters. The highest BCUT2D eigenvalue weighted by molar-refractivity contribution is 6.16. The fourth-order valence-electron chi connectivity index (χ4n) is 1.25. The molecule has 3 nitrogen and oxygen atoms in total. The van der Waals surface area contributed by atoms with E-state index in [2.05, 4.69) is 4.98 Å². The van der Waals surface area contributed by atoms with Crippen LogP contribution in [0, 0.1) is 0 Å². The third-order valence-corrected chi connectivity index (χ3v) is 2.18. The van der Waals surface area contributed by atoms with Crippen molar-refractivity contribution in [1.29, 1.82) is 0 Å². The number of alkyl halides is 1. The number of hydrogen-bond donors (Lipinski definition) is 0. The van der Waals surface area contributed by atoms with E-state index in [4.69, 9.17) is 16.0 Å². The molecule has 0 radical (unpaired) electrons. The van der Waals surface area contributed by atoms with Crippen molar-refractivity contribution in [3.8, 4) is 0 Å². The van der Waals surface area contributed by atoms with Crippen LogP contribution in [0.1, 0.15) is 23.2 Å². The van der Waals surface area contributed by atoms with Crippen molar-refractivity contribution in [2.45, 2.75) is 12.8 Å². The molecule has 0 aliphatic heterocycles. The summed E-state index contributed by atoms with van der Waals surface area (Å²) in [6.45, 7) is 1.51. The van der Waals surface area contributed by atoms with Crippen LogP contribution in [0.3, 0.4) is 0 Å². The van der Waals surface area contributed by atoms with E-state index in [0.29, 0.717) is 17.0 Å². The number of oxazole rings is 1. The minimum atomic E-state index is 0.00993. The van der Waals surface area contributed by atoms with Gasteiger partial charge in [-0.3, -0.25) is 4.79 Å². The molecule has 0 saturated heterocycles. The fraction of sp³-hybridized carbons (Fsp3) is 0.200. The SMILES string of the molecule is CC(=O)c1ccc2nc(CCl)oc2c1. The van der Waals surface area contributed by atoms with Crippen molar-refractivity contribution in [3.05, 3.63) is 29.7 Å². The first-order valence-corrected chi connectivity index (χ1v) is 4.70. The molecule has 72 valence electrons. The zero-order chi connectivity index (χ0) is 10.1. The van der Waals surface area contributed by atoms with Gasteiger partial charge in [-0.2, -0.15) is 0 Å². The number of rotatable bonds is 2. The molecule has 1 heterocycles. The molecule has 0 N–H and O–H groups in total. The molecule has 4 heteroatoms. The highest BCUT2D eigenvalue weighted by Gasteiger charge is 2.06. The van der Waals surface area contributed by atoms with Gasteiger partial charge in [-0.1, -0.05) is 0 Å². The van der Waals surface area contributed by atoms with Gasteiger partial charge in [0.05, 0.1) is 5.88 Å². The summed E-state index contributed by atoms with van der Waals surface area (Å²) in [7, 11) is 0. The van der Waals surface area contributed by atoms with Crippen molar-refractivity contribution in [2.75, 3.05) is 0 Å². The maximum Gasteiger partial charge on any atom is 0.210 e. The van der Waals surface area contributed by atoms with Gasteiger partial charge in [0.25, 0.3) is 0 Å². The number of benzene rings is 1. The highest BCUT2D eigenvalue weighted by Crippen LogP contribution is 2.18. The lowest BCUT2D eigenvalue weighted by Gasteiger charge is -1.92. The van der Waals surface area contributed by atoms with Gasteiger partial charge in [0.2, 0.25) is 5.89 Å². The standard InChI is InChI=1S/C10H8ClNO2/c1-6(13)7-2-3-8-9(4-7)14-10(5-11)12-8/h2-4H,5H2,1H3. The van der Waals surface area contributed by atoms with Crippen LogP contribution in [-0.2, 0) is 5.88 Å². The minimum Gasteiger partial charge on any atom is -0.439 e. The number of ketones is 1. The Labute approximate surface area is 85.7 Å². The molecule has 0 aliphatic rings. The van der Waals surface area contributed by atoms with E-state index in [0.717, 1.165) is 5.52 Å². The highest BCUT2D eigenvalue weighted by atomic mass is 35.5. The molecule has 1 aromatic heterocycles. The van der Waals surface area contributed by atoms with Crippen molar-refractivity contribution >= 4 is 28.5 Å². The van der Waals surface area contributed by atoms with Crippen LogP contribution in [0.4, 0.5) is 0 Å². The van der Waals surface area contributed by atoms with Gasteiger partial charge in [-0.25, -0.2) is 4.98 Å². The second-order valence-corrected chi connectivity index (χ2v) is 3.25. The van der Waals surface area contributed by atoms with Crippen LogP contribution < -0.4 is 0 Å². The fourth-order valence-corrected chi connectivity index (χ4v) is 1.36. The third-order valence-electron chi connectivity index (χ3n) is 1.95. The van der Waals surface area contributed by atoms with E-state index in [1.165, 1.54) is 6.92 Å². The first-order chi connectivity index (χ1) is 6.70. The van der Waals surface area contributed by atoms with Crippen LogP contribution >= 0.6 is 11.6 Å². The van der Waals surface area contributed by atoms with Crippen LogP contribution in [-0.4, -0.2) is 10.8 Å². The summed E-state index contributed by atoms with van der Waals surface area (Å²) in [5.74, 6) is 0.725. The molecule has 0 spiro atoms. The van der Waals surface area contributed by atoms with Gasteiger partial charge in [-0.15, -0.1) is 11.6 Å². The number of nitrogens with zero attached hydrogens (tertiary/aromatic N) is 1. The Morgan fingerprint density at radius 3 is 3.00 bits per heavy atom. The second kappa shape index (κ2) is 3.42. The maximum atomic E-state index is 11.1. The lowest BCUT2D eigenvalue weighted by Crippen LogP contribution is -1.89. The predicted molar refractivity (Wildman–Crippen MR) is 53.6 cm³/mol. The van der Waals surface area contributed by atoms with E-state index in [-0.39, 0.29) is 11.7 Å². The van der Waals surface area contributed by atoms with Gasteiger partial charge >= 0.3 is 0 Å². The number of carbonyl (C=O) groups is 1. The molecule has 0 saturated carbocycles. The van der Waals surface area contributed by atoms with Crippen molar-refractivity contribution in [3.63, 3.8) is 0 Å². The quantitative estimate of drug-likeness (QED) is 0.564. The van der Waals surface area contributed by atoms with Crippen LogP contribution in [0.15, 0.2) is 22.6 Å². The number of halogens is 1. The average Bonchev–Trinajstić information content (AvgIpc) is 2.58. The topological polar surface area (TPSA) is 43.1 Å². The number of aromatic nitrogens is 1. The van der Waals surface area contributed by atoms with Gasteiger partial charge in [-0.05, 0) is 25.1 Å². The zero-order valence-electron chi connectivity index (χ0n) is 7.58. The number of carbonyl (C=O) groups excluding carboxylic acids is 1. The largest absolute Gasteiger partial charge is 0.439 e. The van der Waals surface area contributed by atoms with Crippen molar-refractivity contribution in [2.24, 2.45) is 0 Å². The zero-order valence-corrected chi connectivity index (χ0v) is 8.34. The van der Waals surface area contributed by atoms with E-state index < -0.39 is 0 Å². The lowest BCUT2D eigenvalue weighted by atomic mass is 10.1. The lowest BCUT2D eigenvalue weighted by molar-refractivity contribution is 0.101. The van der Waals surface area contributed by atoms with Crippen molar-refractivity contribution in [1.82, 2.24) is 4.98 Å². The van der Waals surface area contributed by atoms with Gasteiger partial charge in [0, 0.05) is 5.56 Å². The van der Waals surface area contributed by atoms with E-state index in [1.807, 2.05) is 0 Å². The predicted octanol–water partition coefficient (Wildman–Crippen LogP) is 2.77. The second-order valence-electron chi connectivity index (χ2n) is 2.98. The first kappa shape index (κ1) is 9.21. The average molecular weight is 210 g/mol. The minimum absolute atomic E-state index is 0.00993. The van der Waals surface area contributed by atoms with E-state index >= 15 is 0 Å². The third kappa shape index (κ3) is 1.51. The Kier molecular flexibility index (Phi) is 2.25. The van der Waals surface area contributed by atoms with E-state index in [1.54, 1.807) is 18.2 Å². The molecule has 0 amide bonds. The monoisotopic (exact) mass is 209 g/mol. The van der Waals surface area contributed by atoms with Gasteiger partial charge in [0.1, 0.15) is 5.52 Å². The molecule has 0 aliphatic carbocycles. The Bertz CT molecular complexity index is 490. The Hall–Kier alpha value is -1.35. The molecular weight excluding hydrogens is 202 g/mol. The summed E-state index contributed by atoms with van der Waals surface area (Å²) in [5, 5.41) is 0. The van der Waals surface area contributed by atoms with Gasteiger partial charge in [0.15, 0.2) is 11.4 Å². The molecule has 0 unspecified atom stereocenters. The summed E-state index contributed by atoms with van der Waals surface area (Å²) in [4.78, 5) is 15.2. The summed E-state index contributed by atoms with van der Waals surface area (Å²) < 4.78 is 5.31. The van der Waals surface area contributed by atoms with E-state index in [9.17, 15) is 4.79 Å². The Morgan fingerprint density at radius 1 is 1.57 bits per heavy atom. The number of hydrogen-bond acceptors (Lipinski definition) is 3. The summed E-state index contributed by atoms with van der Waals surface area (Å²) >= 11 is 5.58. The molecule has 2 rings (SSSR count). The molecule has 1 aromatic carbocycles. The van der Waals surface area contributed by atoms with Crippen LogP contribution in [0.5, 0.6) is 0 Å².